The summed E-state index contributed by atoms with van der Waals surface area (Å²) in [6.07, 6.45) is 1.46. The first-order valence-corrected chi connectivity index (χ1v) is 10.2. The number of benzene rings is 3. The van der Waals surface area contributed by atoms with Crippen LogP contribution in [-0.4, -0.2) is 16.9 Å². The van der Waals surface area contributed by atoms with Crippen molar-refractivity contribution in [3.05, 3.63) is 124 Å². The summed E-state index contributed by atoms with van der Waals surface area (Å²) in [6.45, 7) is 0. The van der Waals surface area contributed by atoms with Crippen LogP contribution < -0.4 is 16.6 Å². The molecule has 4 aromatic rings. The Labute approximate surface area is 184 Å². The lowest BCUT2D eigenvalue weighted by atomic mass is 9.85. The third-order valence-corrected chi connectivity index (χ3v) is 5.30. The lowest BCUT2D eigenvalue weighted by Crippen LogP contribution is -2.41. The van der Waals surface area contributed by atoms with Crippen LogP contribution in [0.3, 0.4) is 0 Å². The predicted octanol–water partition coefficient (Wildman–Crippen LogP) is 4.28. The average molecular weight is 427 g/mol. The van der Waals surface area contributed by atoms with E-state index in [1.54, 1.807) is 12.1 Å². The van der Waals surface area contributed by atoms with Gasteiger partial charge in [-0.05, 0) is 41.0 Å². The number of amides is 1. The van der Waals surface area contributed by atoms with Gasteiger partial charge in [-0.3, -0.25) is 9.59 Å². The van der Waals surface area contributed by atoms with Crippen molar-refractivity contribution in [2.24, 2.45) is 5.73 Å². The van der Waals surface area contributed by atoms with E-state index >= 15 is 0 Å². The molecule has 1 heterocycles. The standard InChI is InChI=1S/C26H22FN3O2/c27-22-16-20(11-12-21(22)19-13-14-29-23(31)15-19)30-26(32)25(28)24(17-7-3-1-4-8-17)18-9-5-2-6-10-18/h1-16,24-25H,28H2,(H,29,31)(H,30,32). The zero-order chi connectivity index (χ0) is 22.5. The zero-order valence-electron chi connectivity index (χ0n) is 17.2. The molecular formula is C26H22FN3O2. The van der Waals surface area contributed by atoms with Gasteiger partial charge in [-0.25, -0.2) is 4.39 Å². The molecule has 0 spiro atoms. The second-order valence-corrected chi connectivity index (χ2v) is 7.45. The van der Waals surface area contributed by atoms with Gasteiger partial charge in [0.15, 0.2) is 0 Å². The molecule has 6 heteroatoms. The highest BCUT2D eigenvalue weighted by Gasteiger charge is 2.27. The maximum atomic E-state index is 14.7. The van der Waals surface area contributed by atoms with Crippen LogP contribution in [-0.2, 0) is 4.79 Å². The van der Waals surface area contributed by atoms with Crippen LogP contribution in [0.4, 0.5) is 10.1 Å². The second kappa shape index (κ2) is 9.41. The maximum Gasteiger partial charge on any atom is 0.248 e. The first-order chi connectivity index (χ1) is 15.5. The lowest BCUT2D eigenvalue weighted by Gasteiger charge is -2.24. The molecule has 0 radical (unpaired) electrons. The number of aromatic nitrogens is 1. The highest BCUT2D eigenvalue weighted by atomic mass is 19.1. The van der Waals surface area contributed by atoms with Gasteiger partial charge in [0, 0.05) is 29.4 Å². The number of H-pyrrole nitrogens is 1. The number of carbonyl (C=O) groups excluding carboxylic acids is 1. The van der Waals surface area contributed by atoms with E-state index < -0.39 is 17.8 Å². The van der Waals surface area contributed by atoms with Gasteiger partial charge in [-0.1, -0.05) is 60.7 Å². The van der Waals surface area contributed by atoms with Crippen molar-refractivity contribution in [2.45, 2.75) is 12.0 Å². The van der Waals surface area contributed by atoms with Crippen molar-refractivity contribution in [3.63, 3.8) is 0 Å². The number of nitrogens with one attached hydrogen (secondary N) is 2. The quantitative estimate of drug-likeness (QED) is 0.429. The molecule has 3 aromatic carbocycles. The summed E-state index contributed by atoms with van der Waals surface area (Å²) in [4.78, 5) is 27.0. The summed E-state index contributed by atoms with van der Waals surface area (Å²) in [5, 5.41) is 2.72. The molecule has 0 aliphatic carbocycles. The minimum Gasteiger partial charge on any atom is -0.329 e. The van der Waals surface area contributed by atoms with Crippen molar-refractivity contribution < 1.29 is 9.18 Å². The average Bonchev–Trinajstić information content (AvgIpc) is 2.80. The smallest absolute Gasteiger partial charge is 0.248 e. The monoisotopic (exact) mass is 427 g/mol. The van der Waals surface area contributed by atoms with Crippen molar-refractivity contribution in [1.82, 2.24) is 4.98 Å². The van der Waals surface area contributed by atoms with Crippen molar-refractivity contribution in [3.8, 4) is 11.1 Å². The fraction of sp³-hybridized carbons (Fsp3) is 0.0769. The van der Waals surface area contributed by atoms with E-state index in [0.717, 1.165) is 11.1 Å². The van der Waals surface area contributed by atoms with E-state index in [9.17, 15) is 14.0 Å². The van der Waals surface area contributed by atoms with Crippen LogP contribution in [0.25, 0.3) is 11.1 Å². The molecule has 32 heavy (non-hydrogen) atoms. The Morgan fingerprint density at radius 3 is 2.06 bits per heavy atom. The first-order valence-electron chi connectivity index (χ1n) is 10.2. The number of rotatable bonds is 6. The number of hydrogen-bond acceptors (Lipinski definition) is 3. The van der Waals surface area contributed by atoms with Crippen molar-refractivity contribution in [1.29, 1.82) is 0 Å². The Bertz CT molecular complexity index is 1230. The largest absolute Gasteiger partial charge is 0.329 e. The summed E-state index contributed by atoms with van der Waals surface area (Å²) in [5.74, 6) is -1.34. The van der Waals surface area contributed by atoms with Gasteiger partial charge < -0.3 is 16.0 Å². The maximum absolute atomic E-state index is 14.7. The topological polar surface area (TPSA) is 88.0 Å². The molecule has 0 saturated carbocycles. The molecule has 1 unspecified atom stereocenters. The molecule has 4 N–H and O–H groups in total. The molecule has 0 fully saturated rings. The highest BCUT2D eigenvalue weighted by molar-refractivity contribution is 5.96. The number of pyridine rings is 1. The Morgan fingerprint density at radius 2 is 1.50 bits per heavy atom. The third kappa shape index (κ3) is 4.66. The van der Waals surface area contributed by atoms with Crippen molar-refractivity contribution in [2.75, 3.05) is 5.32 Å². The van der Waals surface area contributed by atoms with Gasteiger partial charge in [0.25, 0.3) is 0 Å². The number of carbonyl (C=O) groups is 1. The highest BCUT2D eigenvalue weighted by Crippen LogP contribution is 2.29. The van der Waals surface area contributed by atoms with E-state index in [1.165, 1.54) is 24.4 Å². The number of aromatic amines is 1. The normalized spacial score (nSPS) is 11.8. The molecule has 1 atom stereocenters. The molecule has 160 valence electrons. The fourth-order valence-electron chi connectivity index (χ4n) is 3.74. The van der Waals surface area contributed by atoms with Gasteiger partial charge in [0.2, 0.25) is 11.5 Å². The minimum absolute atomic E-state index is 0.268. The van der Waals surface area contributed by atoms with E-state index in [-0.39, 0.29) is 22.7 Å². The van der Waals surface area contributed by atoms with Crippen LogP contribution >= 0.6 is 0 Å². The molecule has 1 aromatic heterocycles. The van der Waals surface area contributed by atoms with E-state index in [4.69, 9.17) is 5.73 Å². The number of nitrogens with two attached hydrogens (primary N) is 1. The van der Waals surface area contributed by atoms with Crippen molar-refractivity contribution >= 4 is 11.6 Å². The molecule has 0 aliphatic heterocycles. The summed E-state index contributed by atoms with van der Waals surface area (Å²) < 4.78 is 14.7. The van der Waals surface area contributed by atoms with E-state index in [0.29, 0.717) is 5.56 Å². The van der Waals surface area contributed by atoms with Crippen LogP contribution in [0.2, 0.25) is 0 Å². The van der Waals surface area contributed by atoms with Gasteiger partial charge in [-0.2, -0.15) is 0 Å². The molecule has 0 saturated heterocycles. The summed E-state index contributed by atoms with van der Waals surface area (Å²) in [7, 11) is 0. The molecule has 4 rings (SSSR count). The lowest BCUT2D eigenvalue weighted by molar-refractivity contribution is -0.117. The second-order valence-electron chi connectivity index (χ2n) is 7.45. The number of halogens is 1. The molecule has 0 aliphatic rings. The Morgan fingerprint density at radius 1 is 0.875 bits per heavy atom. The van der Waals surface area contributed by atoms with Gasteiger partial charge >= 0.3 is 0 Å². The Hall–Kier alpha value is -4.03. The number of anilines is 1. The van der Waals surface area contributed by atoms with Crippen LogP contribution in [0.5, 0.6) is 0 Å². The fourth-order valence-corrected chi connectivity index (χ4v) is 3.74. The summed E-state index contributed by atoms with van der Waals surface area (Å²) in [6, 6.07) is 25.5. The summed E-state index contributed by atoms with van der Waals surface area (Å²) >= 11 is 0. The SMILES string of the molecule is NC(C(=O)Nc1ccc(-c2cc[nH]c(=O)c2)c(F)c1)C(c1ccccc1)c1ccccc1. The number of hydrogen-bond donors (Lipinski definition) is 3. The molecule has 1 amide bonds. The predicted molar refractivity (Wildman–Crippen MR) is 124 cm³/mol. The third-order valence-electron chi connectivity index (χ3n) is 5.30. The Balaban J connectivity index is 1.58. The van der Waals surface area contributed by atoms with Gasteiger partial charge in [-0.15, -0.1) is 0 Å². The molecular weight excluding hydrogens is 405 g/mol. The summed E-state index contributed by atoms with van der Waals surface area (Å²) in [5.41, 5.74) is 8.92. The van der Waals surface area contributed by atoms with Gasteiger partial charge in [0.1, 0.15) is 5.82 Å². The van der Waals surface area contributed by atoms with Crippen LogP contribution in [0.1, 0.15) is 17.0 Å². The van der Waals surface area contributed by atoms with Crippen LogP contribution in [0.15, 0.2) is 102 Å². The van der Waals surface area contributed by atoms with E-state index in [2.05, 4.69) is 10.3 Å². The first kappa shape index (κ1) is 21.2. The van der Waals surface area contributed by atoms with Crippen LogP contribution in [0, 0.1) is 5.82 Å². The molecule has 0 bridgehead atoms. The van der Waals surface area contributed by atoms with Gasteiger partial charge in [0.05, 0.1) is 6.04 Å². The zero-order valence-corrected chi connectivity index (χ0v) is 17.2. The Kier molecular flexibility index (Phi) is 6.24. The molecule has 5 nitrogen and oxygen atoms in total. The van der Waals surface area contributed by atoms with E-state index in [1.807, 2.05) is 60.7 Å². The minimum atomic E-state index is -0.893.